The summed E-state index contributed by atoms with van der Waals surface area (Å²) in [6, 6.07) is 16.0. The predicted octanol–water partition coefficient (Wildman–Crippen LogP) is 3.18. The van der Waals surface area contributed by atoms with Crippen LogP contribution in [0.3, 0.4) is 0 Å². The van der Waals surface area contributed by atoms with E-state index in [1.807, 2.05) is 18.2 Å². The molecule has 0 amide bonds. The van der Waals surface area contributed by atoms with E-state index >= 15 is 0 Å². The van der Waals surface area contributed by atoms with Crippen LogP contribution >= 0.6 is 0 Å². The van der Waals surface area contributed by atoms with Gasteiger partial charge in [0.05, 0.1) is 23.7 Å². The molecule has 4 rings (SSSR count). The maximum atomic E-state index is 10.7. The van der Waals surface area contributed by atoms with Crippen LogP contribution < -0.4 is 16.2 Å². The highest BCUT2D eigenvalue weighted by Crippen LogP contribution is 2.40. The molecule has 0 aliphatic heterocycles. The zero-order valence-electron chi connectivity index (χ0n) is 16.2. The molecule has 0 aliphatic carbocycles. The van der Waals surface area contributed by atoms with E-state index in [0.717, 1.165) is 16.6 Å². The summed E-state index contributed by atoms with van der Waals surface area (Å²) in [5.74, 6) is 0.693. The van der Waals surface area contributed by atoms with Gasteiger partial charge in [0, 0.05) is 11.1 Å². The highest BCUT2D eigenvalue weighted by atomic mass is 16.5. The third-order valence-corrected chi connectivity index (χ3v) is 4.87. The zero-order valence-corrected chi connectivity index (χ0v) is 16.2. The van der Waals surface area contributed by atoms with E-state index < -0.39 is 0 Å². The van der Waals surface area contributed by atoms with Gasteiger partial charge in [-0.1, -0.05) is 24.3 Å². The Balaban J connectivity index is 1.85. The number of hydrogen-bond acceptors (Lipinski definition) is 5. The lowest BCUT2D eigenvalue weighted by Crippen LogP contribution is -2.10. The van der Waals surface area contributed by atoms with Crippen molar-refractivity contribution in [3.63, 3.8) is 0 Å². The van der Waals surface area contributed by atoms with Gasteiger partial charge in [0.25, 0.3) is 0 Å². The Labute approximate surface area is 172 Å². The molecule has 0 atom stereocenters. The van der Waals surface area contributed by atoms with E-state index in [4.69, 9.17) is 27.0 Å². The average Bonchev–Trinajstić information content (AvgIpc) is 3.17. The minimum Gasteiger partial charge on any atom is -0.504 e. The summed E-state index contributed by atoms with van der Waals surface area (Å²) in [6.45, 7) is 0. The number of imidazole rings is 1. The summed E-state index contributed by atoms with van der Waals surface area (Å²) in [5.41, 5.74) is 15.8. The SMILES string of the molecule is COc1cc(-c2ccc(C(=N)N)cc2)cc(-c2nc3cc(C(=N)N)ccc3[nH]2)c1O. The number of benzene rings is 3. The van der Waals surface area contributed by atoms with E-state index in [9.17, 15) is 5.11 Å². The molecular weight excluding hydrogens is 380 g/mol. The third-order valence-electron chi connectivity index (χ3n) is 4.87. The van der Waals surface area contributed by atoms with Crippen molar-refractivity contribution in [1.82, 2.24) is 9.97 Å². The van der Waals surface area contributed by atoms with Gasteiger partial charge < -0.3 is 26.3 Å². The molecule has 0 saturated carbocycles. The van der Waals surface area contributed by atoms with Gasteiger partial charge in [0.15, 0.2) is 11.5 Å². The second-order valence-electron chi connectivity index (χ2n) is 6.80. The van der Waals surface area contributed by atoms with E-state index in [1.54, 1.807) is 36.4 Å². The van der Waals surface area contributed by atoms with Gasteiger partial charge in [-0.05, 0) is 41.5 Å². The number of phenolic OH excluding ortho intramolecular Hbond substituents is 1. The van der Waals surface area contributed by atoms with E-state index in [2.05, 4.69) is 9.97 Å². The monoisotopic (exact) mass is 400 g/mol. The lowest BCUT2D eigenvalue weighted by atomic mass is 10.00. The van der Waals surface area contributed by atoms with Crippen LogP contribution in [0.25, 0.3) is 33.5 Å². The molecule has 0 spiro atoms. The van der Waals surface area contributed by atoms with Crippen LogP contribution in [0.4, 0.5) is 0 Å². The molecule has 0 saturated heterocycles. The number of nitrogen functional groups attached to an aromatic ring is 2. The zero-order chi connectivity index (χ0) is 21.4. The van der Waals surface area contributed by atoms with Gasteiger partial charge >= 0.3 is 0 Å². The number of H-pyrrole nitrogens is 1. The summed E-state index contributed by atoms with van der Waals surface area (Å²) in [5, 5.41) is 25.8. The van der Waals surface area contributed by atoms with E-state index in [-0.39, 0.29) is 17.4 Å². The Hall–Kier alpha value is -4.33. The van der Waals surface area contributed by atoms with Crippen molar-refractivity contribution in [2.24, 2.45) is 11.5 Å². The van der Waals surface area contributed by atoms with Crippen molar-refractivity contribution in [3.05, 3.63) is 65.7 Å². The molecule has 8 nitrogen and oxygen atoms in total. The second-order valence-corrected chi connectivity index (χ2v) is 6.80. The number of aromatic amines is 1. The van der Waals surface area contributed by atoms with Gasteiger partial charge in [-0.25, -0.2) is 4.98 Å². The first kappa shape index (κ1) is 19.0. The molecular formula is C22H20N6O2. The lowest BCUT2D eigenvalue weighted by Gasteiger charge is -2.11. The van der Waals surface area contributed by atoms with Crippen LogP contribution in [0, 0.1) is 10.8 Å². The number of aromatic hydroxyl groups is 1. The first-order valence-electron chi connectivity index (χ1n) is 9.07. The van der Waals surface area contributed by atoms with Crippen LogP contribution in [0.2, 0.25) is 0 Å². The van der Waals surface area contributed by atoms with Gasteiger partial charge in [-0.3, -0.25) is 10.8 Å². The van der Waals surface area contributed by atoms with Gasteiger partial charge in [-0.2, -0.15) is 0 Å². The van der Waals surface area contributed by atoms with Crippen molar-refractivity contribution >= 4 is 22.7 Å². The van der Waals surface area contributed by atoms with Crippen LogP contribution in [0.1, 0.15) is 11.1 Å². The fraction of sp³-hybridized carbons (Fsp3) is 0.0455. The lowest BCUT2D eigenvalue weighted by molar-refractivity contribution is 0.374. The minimum atomic E-state index is -0.0398. The molecule has 0 radical (unpaired) electrons. The number of nitrogens with one attached hydrogen (secondary N) is 3. The van der Waals surface area contributed by atoms with Crippen molar-refractivity contribution in [1.29, 1.82) is 10.8 Å². The summed E-state index contributed by atoms with van der Waals surface area (Å²) in [7, 11) is 1.49. The normalized spacial score (nSPS) is 10.8. The Kier molecular flexibility index (Phi) is 4.59. The van der Waals surface area contributed by atoms with E-state index in [1.165, 1.54) is 7.11 Å². The number of rotatable bonds is 5. The largest absolute Gasteiger partial charge is 0.504 e. The maximum Gasteiger partial charge on any atom is 0.168 e. The van der Waals surface area contributed by atoms with Crippen molar-refractivity contribution in [3.8, 4) is 34.0 Å². The highest BCUT2D eigenvalue weighted by molar-refractivity contribution is 5.98. The molecule has 0 aliphatic rings. The topological polar surface area (TPSA) is 158 Å². The first-order chi connectivity index (χ1) is 14.4. The summed E-state index contributed by atoms with van der Waals surface area (Å²) in [4.78, 5) is 7.76. The number of fused-ring (bicyclic) bond motifs is 1. The predicted molar refractivity (Wildman–Crippen MR) is 117 cm³/mol. The molecule has 30 heavy (non-hydrogen) atoms. The number of nitrogens with zero attached hydrogens (tertiary/aromatic N) is 1. The Morgan fingerprint density at radius 2 is 1.60 bits per heavy atom. The molecule has 4 aromatic rings. The molecule has 1 aromatic heterocycles. The Morgan fingerprint density at radius 1 is 0.933 bits per heavy atom. The van der Waals surface area contributed by atoms with Crippen LogP contribution in [-0.2, 0) is 0 Å². The number of methoxy groups -OCH3 is 1. The van der Waals surface area contributed by atoms with Crippen molar-refractivity contribution < 1.29 is 9.84 Å². The van der Waals surface area contributed by atoms with Crippen molar-refractivity contribution in [2.45, 2.75) is 0 Å². The van der Waals surface area contributed by atoms with Crippen LogP contribution in [0.5, 0.6) is 11.5 Å². The molecule has 8 heteroatoms. The quantitative estimate of drug-likeness (QED) is 0.224. The number of hydrogen-bond donors (Lipinski definition) is 6. The molecule has 0 unspecified atom stereocenters. The Morgan fingerprint density at radius 3 is 2.23 bits per heavy atom. The average molecular weight is 400 g/mol. The van der Waals surface area contributed by atoms with E-state index in [0.29, 0.717) is 33.8 Å². The fourth-order valence-corrected chi connectivity index (χ4v) is 3.25. The number of nitrogens with two attached hydrogens (primary N) is 2. The van der Waals surface area contributed by atoms with Gasteiger partial charge in [0.2, 0.25) is 0 Å². The molecule has 150 valence electrons. The first-order valence-corrected chi connectivity index (χ1v) is 9.07. The minimum absolute atomic E-state index is 0.00210. The Bertz CT molecular complexity index is 1290. The number of ether oxygens (including phenoxy) is 1. The molecule has 3 aromatic carbocycles. The van der Waals surface area contributed by atoms with Crippen LogP contribution in [-0.4, -0.2) is 33.9 Å². The smallest absolute Gasteiger partial charge is 0.168 e. The molecule has 8 N–H and O–H groups in total. The summed E-state index contributed by atoms with van der Waals surface area (Å²) in [6.07, 6.45) is 0. The van der Waals surface area contributed by atoms with Gasteiger partial charge in [0.1, 0.15) is 17.5 Å². The number of aromatic nitrogens is 2. The summed E-state index contributed by atoms with van der Waals surface area (Å²) < 4.78 is 5.37. The van der Waals surface area contributed by atoms with Crippen LogP contribution in [0.15, 0.2) is 54.6 Å². The number of phenols is 1. The summed E-state index contributed by atoms with van der Waals surface area (Å²) >= 11 is 0. The maximum absolute atomic E-state index is 10.7. The third kappa shape index (κ3) is 3.30. The molecule has 0 bridgehead atoms. The number of amidine groups is 2. The fourth-order valence-electron chi connectivity index (χ4n) is 3.25. The standard InChI is InChI=1S/C22H20N6O2/c1-30-18-10-14(11-2-4-12(5-3-11)20(23)24)8-15(19(18)29)22-27-16-7-6-13(21(25)26)9-17(16)28-22/h2-10,29H,1H3,(H3,23,24)(H3,25,26)(H,27,28). The van der Waals surface area contributed by atoms with Crippen molar-refractivity contribution in [2.75, 3.05) is 7.11 Å². The molecule has 1 heterocycles. The highest BCUT2D eigenvalue weighted by Gasteiger charge is 2.17. The second kappa shape index (κ2) is 7.25. The van der Waals surface area contributed by atoms with Gasteiger partial charge in [-0.15, -0.1) is 0 Å². The molecule has 0 fully saturated rings.